The van der Waals surface area contributed by atoms with Gasteiger partial charge in [-0.05, 0) is 30.2 Å². The zero-order chi connectivity index (χ0) is 17.0. The fraction of sp³-hybridized carbons (Fsp3) is 0.294. The lowest BCUT2D eigenvalue weighted by Crippen LogP contribution is -2.28. The SMILES string of the molecule is CN(C)c1ccc(CC(CO)n2cc(C(=O)O)ccc2=O)cc1. The summed E-state index contributed by atoms with van der Waals surface area (Å²) in [7, 11) is 3.89. The minimum absolute atomic E-state index is 0.0194. The number of carboxylic acids is 1. The number of carbonyl (C=O) groups is 1. The highest BCUT2D eigenvalue weighted by molar-refractivity contribution is 5.87. The van der Waals surface area contributed by atoms with Crippen molar-refractivity contribution in [3.8, 4) is 0 Å². The largest absolute Gasteiger partial charge is 0.478 e. The van der Waals surface area contributed by atoms with Crippen molar-refractivity contribution < 1.29 is 15.0 Å². The van der Waals surface area contributed by atoms with Gasteiger partial charge in [0.2, 0.25) is 0 Å². The Morgan fingerprint density at radius 2 is 1.83 bits per heavy atom. The molecule has 0 spiro atoms. The summed E-state index contributed by atoms with van der Waals surface area (Å²) in [6.07, 6.45) is 1.72. The topological polar surface area (TPSA) is 82.8 Å². The highest BCUT2D eigenvalue weighted by atomic mass is 16.4. The van der Waals surface area contributed by atoms with E-state index >= 15 is 0 Å². The van der Waals surface area contributed by atoms with E-state index in [0.29, 0.717) is 6.42 Å². The minimum atomic E-state index is -1.11. The summed E-state index contributed by atoms with van der Waals surface area (Å²) in [6.45, 7) is -0.252. The lowest BCUT2D eigenvalue weighted by Gasteiger charge is -2.19. The molecule has 0 fully saturated rings. The Balaban J connectivity index is 2.28. The lowest BCUT2D eigenvalue weighted by atomic mass is 10.1. The molecule has 2 aromatic rings. The van der Waals surface area contributed by atoms with Crippen LogP contribution >= 0.6 is 0 Å². The molecule has 23 heavy (non-hydrogen) atoms. The van der Waals surface area contributed by atoms with Crippen molar-refractivity contribution in [2.75, 3.05) is 25.6 Å². The quantitative estimate of drug-likeness (QED) is 0.841. The number of carboxylic acid groups (broad SMARTS) is 1. The molecular formula is C17H20N2O4. The Bertz CT molecular complexity index is 735. The first-order valence-electron chi connectivity index (χ1n) is 7.25. The number of nitrogens with zero attached hydrogens (tertiary/aromatic N) is 2. The first-order chi connectivity index (χ1) is 10.9. The Hall–Kier alpha value is -2.60. The third-order valence-corrected chi connectivity index (χ3v) is 3.71. The molecule has 1 atom stereocenters. The second-order valence-electron chi connectivity index (χ2n) is 5.57. The van der Waals surface area contributed by atoms with Gasteiger partial charge in [0.25, 0.3) is 5.56 Å². The molecule has 2 N–H and O–H groups in total. The van der Waals surface area contributed by atoms with Crippen molar-refractivity contribution in [1.82, 2.24) is 4.57 Å². The molecule has 122 valence electrons. The summed E-state index contributed by atoms with van der Waals surface area (Å²) < 4.78 is 1.28. The molecule has 0 radical (unpaired) electrons. The Labute approximate surface area is 134 Å². The molecule has 0 aliphatic rings. The highest BCUT2D eigenvalue weighted by Gasteiger charge is 2.14. The summed E-state index contributed by atoms with van der Waals surface area (Å²) in [4.78, 5) is 25.0. The van der Waals surface area contributed by atoms with Gasteiger partial charge < -0.3 is 19.7 Å². The van der Waals surface area contributed by atoms with Crippen LogP contribution in [0.5, 0.6) is 0 Å². The highest BCUT2D eigenvalue weighted by Crippen LogP contribution is 2.17. The summed E-state index contributed by atoms with van der Waals surface area (Å²) >= 11 is 0. The molecule has 0 bridgehead atoms. The molecule has 1 heterocycles. The normalized spacial score (nSPS) is 12.0. The average molecular weight is 316 g/mol. The van der Waals surface area contributed by atoms with Crippen LogP contribution in [-0.2, 0) is 6.42 Å². The number of aliphatic hydroxyl groups is 1. The Morgan fingerprint density at radius 3 is 2.35 bits per heavy atom. The van der Waals surface area contributed by atoms with Crippen LogP contribution in [0.2, 0.25) is 0 Å². The van der Waals surface area contributed by atoms with E-state index in [9.17, 15) is 14.7 Å². The molecule has 1 unspecified atom stereocenters. The molecule has 0 amide bonds. The second-order valence-corrected chi connectivity index (χ2v) is 5.57. The van der Waals surface area contributed by atoms with E-state index < -0.39 is 12.0 Å². The van der Waals surface area contributed by atoms with E-state index in [-0.39, 0.29) is 17.7 Å². The van der Waals surface area contributed by atoms with Gasteiger partial charge in [-0.3, -0.25) is 4.79 Å². The first-order valence-corrected chi connectivity index (χ1v) is 7.25. The van der Waals surface area contributed by atoms with E-state index in [2.05, 4.69) is 0 Å². The number of aromatic nitrogens is 1. The van der Waals surface area contributed by atoms with Crippen molar-refractivity contribution >= 4 is 11.7 Å². The molecule has 6 nitrogen and oxygen atoms in total. The Morgan fingerprint density at radius 1 is 1.17 bits per heavy atom. The van der Waals surface area contributed by atoms with Crippen molar-refractivity contribution in [1.29, 1.82) is 0 Å². The van der Waals surface area contributed by atoms with Crippen LogP contribution < -0.4 is 10.5 Å². The second kappa shape index (κ2) is 7.11. The number of aromatic carboxylic acids is 1. The van der Waals surface area contributed by atoms with Crippen LogP contribution in [-0.4, -0.2) is 41.5 Å². The summed E-state index contributed by atoms with van der Waals surface area (Å²) in [6, 6.07) is 9.75. The van der Waals surface area contributed by atoms with Gasteiger partial charge in [-0.25, -0.2) is 4.79 Å². The molecule has 0 saturated heterocycles. The van der Waals surface area contributed by atoms with Gasteiger partial charge in [0.1, 0.15) is 0 Å². The number of pyridine rings is 1. The third kappa shape index (κ3) is 3.98. The predicted octanol–water partition coefficient (Wildman–Crippen LogP) is 1.39. The number of rotatable bonds is 6. The molecule has 0 saturated carbocycles. The average Bonchev–Trinajstić information content (AvgIpc) is 2.53. The van der Waals surface area contributed by atoms with Gasteiger partial charge in [0, 0.05) is 32.0 Å². The van der Waals surface area contributed by atoms with Crippen LogP contribution in [0.1, 0.15) is 22.0 Å². The third-order valence-electron chi connectivity index (χ3n) is 3.71. The fourth-order valence-electron chi connectivity index (χ4n) is 2.37. The van der Waals surface area contributed by atoms with Crippen LogP contribution in [0.3, 0.4) is 0 Å². The van der Waals surface area contributed by atoms with Crippen molar-refractivity contribution in [3.63, 3.8) is 0 Å². The first kappa shape index (κ1) is 16.8. The zero-order valence-corrected chi connectivity index (χ0v) is 13.1. The smallest absolute Gasteiger partial charge is 0.337 e. The minimum Gasteiger partial charge on any atom is -0.478 e. The van der Waals surface area contributed by atoms with Crippen LogP contribution in [0, 0.1) is 0 Å². The number of anilines is 1. The van der Waals surface area contributed by atoms with Crippen LogP contribution in [0.15, 0.2) is 47.4 Å². The van der Waals surface area contributed by atoms with Crippen LogP contribution in [0.25, 0.3) is 0 Å². The number of benzene rings is 1. The van der Waals surface area contributed by atoms with E-state index in [1.54, 1.807) is 0 Å². The molecule has 0 aliphatic carbocycles. The summed E-state index contributed by atoms with van der Waals surface area (Å²) in [5.41, 5.74) is 1.70. The van der Waals surface area contributed by atoms with E-state index in [0.717, 1.165) is 11.3 Å². The lowest BCUT2D eigenvalue weighted by molar-refractivity contribution is 0.0695. The zero-order valence-electron chi connectivity index (χ0n) is 13.1. The molecule has 2 rings (SSSR count). The number of hydrogen-bond donors (Lipinski definition) is 2. The van der Waals surface area contributed by atoms with E-state index in [1.807, 2.05) is 43.3 Å². The molecular weight excluding hydrogens is 296 g/mol. The van der Waals surface area contributed by atoms with Crippen molar-refractivity contribution in [2.24, 2.45) is 0 Å². The molecule has 6 heteroatoms. The molecule has 1 aromatic heterocycles. The van der Waals surface area contributed by atoms with Gasteiger partial charge in [-0.1, -0.05) is 12.1 Å². The maximum absolute atomic E-state index is 12.0. The van der Waals surface area contributed by atoms with Gasteiger partial charge >= 0.3 is 5.97 Å². The van der Waals surface area contributed by atoms with Gasteiger partial charge in [0.05, 0.1) is 18.2 Å². The van der Waals surface area contributed by atoms with E-state index in [4.69, 9.17) is 5.11 Å². The number of hydrogen-bond acceptors (Lipinski definition) is 4. The van der Waals surface area contributed by atoms with Crippen molar-refractivity contribution in [2.45, 2.75) is 12.5 Å². The van der Waals surface area contributed by atoms with Crippen molar-refractivity contribution in [3.05, 3.63) is 64.1 Å². The van der Waals surface area contributed by atoms with Gasteiger partial charge in [-0.15, -0.1) is 0 Å². The maximum Gasteiger partial charge on any atom is 0.337 e. The standard InChI is InChI=1S/C17H20N2O4/c1-18(2)14-6-3-12(4-7-14)9-15(11-20)19-10-13(17(22)23)5-8-16(19)21/h3-8,10,15,20H,9,11H2,1-2H3,(H,22,23). The van der Waals surface area contributed by atoms with Gasteiger partial charge in [0.15, 0.2) is 0 Å². The van der Waals surface area contributed by atoms with Crippen LogP contribution in [0.4, 0.5) is 5.69 Å². The van der Waals surface area contributed by atoms with Gasteiger partial charge in [-0.2, -0.15) is 0 Å². The predicted molar refractivity (Wildman–Crippen MR) is 88.3 cm³/mol. The monoisotopic (exact) mass is 316 g/mol. The summed E-state index contributed by atoms with van der Waals surface area (Å²) in [5, 5.41) is 18.7. The molecule has 1 aromatic carbocycles. The number of aliphatic hydroxyl groups excluding tert-OH is 1. The molecule has 0 aliphatic heterocycles. The Kier molecular flexibility index (Phi) is 5.18. The maximum atomic E-state index is 12.0. The summed E-state index contributed by atoms with van der Waals surface area (Å²) in [5.74, 6) is -1.11. The fourth-order valence-corrected chi connectivity index (χ4v) is 2.37. The van der Waals surface area contributed by atoms with E-state index in [1.165, 1.54) is 22.9 Å².